The lowest BCUT2D eigenvalue weighted by Gasteiger charge is -2.19. The zero-order chi connectivity index (χ0) is 15.3. The van der Waals surface area contributed by atoms with Crippen LogP contribution in [0.25, 0.3) is 0 Å². The molecule has 1 aromatic heterocycles. The monoisotopic (exact) mass is 364 g/mol. The van der Waals surface area contributed by atoms with Crippen LogP contribution in [0.4, 0.5) is 5.82 Å². The van der Waals surface area contributed by atoms with E-state index >= 15 is 0 Å². The quantitative estimate of drug-likeness (QED) is 0.766. The highest BCUT2D eigenvalue weighted by molar-refractivity contribution is 9.10. The number of nitrogens with one attached hydrogen (secondary N) is 2. The van der Waals surface area contributed by atoms with Gasteiger partial charge in [-0.25, -0.2) is 18.1 Å². The molecule has 0 radical (unpaired) electrons. The Morgan fingerprint density at radius 1 is 1.45 bits per heavy atom. The average Bonchev–Trinajstić information content (AvgIpc) is 2.29. The molecule has 1 rings (SSSR count). The highest BCUT2D eigenvalue weighted by atomic mass is 79.9. The smallest absolute Gasteiger partial charge is 0.244 e. The summed E-state index contributed by atoms with van der Waals surface area (Å²) < 4.78 is 28.2. The lowest BCUT2D eigenvalue weighted by atomic mass is 10.3. The van der Waals surface area contributed by atoms with Gasteiger partial charge in [-0.3, -0.25) is 0 Å². The minimum Gasteiger partial charge on any atom is -0.369 e. The van der Waals surface area contributed by atoms with Gasteiger partial charge in [0.25, 0.3) is 0 Å². The van der Waals surface area contributed by atoms with Crippen LogP contribution in [0.15, 0.2) is 21.6 Å². The van der Waals surface area contributed by atoms with E-state index in [1.807, 2.05) is 32.8 Å². The zero-order valence-electron chi connectivity index (χ0n) is 12.1. The Balaban J connectivity index is 3.05. The molecule has 0 aliphatic heterocycles. The third-order valence-corrected chi connectivity index (χ3v) is 4.49. The maximum absolute atomic E-state index is 12.4. The van der Waals surface area contributed by atoms with E-state index < -0.39 is 10.0 Å². The number of anilines is 1. The molecule has 0 fully saturated rings. The number of aromatic nitrogens is 1. The van der Waals surface area contributed by atoms with E-state index in [9.17, 15) is 8.42 Å². The molecule has 0 amide bonds. The van der Waals surface area contributed by atoms with Gasteiger partial charge < -0.3 is 10.2 Å². The largest absolute Gasteiger partial charge is 0.369 e. The van der Waals surface area contributed by atoms with Crippen LogP contribution >= 0.6 is 15.9 Å². The van der Waals surface area contributed by atoms with Crippen LogP contribution in [0.5, 0.6) is 0 Å². The fourth-order valence-electron chi connectivity index (χ4n) is 1.84. The van der Waals surface area contributed by atoms with Gasteiger partial charge in [0.2, 0.25) is 10.0 Å². The molecule has 1 atom stereocenters. The first-order valence-corrected chi connectivity index (χ1v) is 8.60. The summed E-state index contributed by atoms with van der Waals surface area (Å²) in [5.41, 5.74) is 0. The summed E-state index contributed by atoms with van der Waals surface area (Å²) in [6.45, 7) is 4.94. The Bertz CT molecular complexity index is 548. The molecule has 1 heterocycles. The first-order chi connectivity index (χ1) is 9.26. The second kappa shape index (κ2) is 7.35. The van der Waals surface area contributed by atoms with E-state index in [0.717, 1.165) is 0 Å². The number of halogens is 1. The van der Waals surface area contributed by atoms with Gasteiger partial charge in [-0.1, -0.05) is 0 Å². The molecule has 0 aliphatic carbocycles. The van der Waals surface area contributed by atoms with Crippen molar-refractivity contribution >= 4 is 31.8 Å². The molecule has 0 bridgehead atoms. The van der Waals surface area contributed by atoms with Gasteiger partial charge in [0.1, 0.15) is 10.7 Å². The zero-order valence-corrected chi connectivity index (χ0v) is 14.5. The molecule has 1 unspecified atom stereocenters. The van der Waals surface area contributed by atoms with E-state index in [0.29, 0.717) is 23.4 Å². The predicted octanol–water partition coefficient (Wildman–Crippen LogP) is 1.50. The Kier molecular flexibility index (Phi) is 6.38. The predicted molar refractivity (Wildman–Crippen MR) is 84.4 cm³/mol. The Morgan fingerprint density at radius 3 is 2.65 bits per heavy atom. The van der Waals surface area contributed by atoms with Crippen molar-refractivity contribution in [2.24, 2.45) is 0 Å². The highest BCUT2D eigenvalue weighted by Gasteiger charge is 2.22. The van der Waals surface area contributed by atoms with Crippen LogP contribution in [0.1, 0.15) is 13.8 Å². The minimum absolute atomic E-state index is 0.152. The summed E-state index contributed by atoms with van der Waals surface area (Å²) in [5.74, 6) is 0.361. The summed E-state index contributed by atoms with van der Waals surface area (Å²) in [6, 6.07) is 1.36. The second-order valence-electron chi connectivity index (χ2n) is 4.82. The van der Waals surface area contributed by atoms with Crippen molar-refractivity contribution in [3.05, 3.63) is 16.7 Å². The molecule has 2 N–H and O–H groups in total. The van der Waals surface area contributed by atoms with Gasteiger partial charge in [-0.15, -0.1) is 0 Å². The second-order valence-corrected chi connectivity index (χ2v) is 7.41. The molecule has 114 valence electrons. The van der Waals surface area contributed by atoms with Gasteiger partial charge >= 0.3 is 0 Å². The highest BCUT2D eigenvalue weighted by Crippen LogP contribution is 2.22. The van der Waals surface area contributed by atoms with Crippen molar-refractivity contribution in [1.82, 2.24) is 14.6 Å². The molecular formula is C12H21BrN4O2S. The van der Waals surface area contributed by atoms with Crippen LogP contribution in [0.2, 0.25) is 0 Å². The molecule has 0 aromatic carbocycles. The van der Waals surface area contributed by atoms with Crippen molar-refractivity contribution in [2.45, 2.75) is 24.8 Å². The summed E-state index contributed by atoms with van der Waals surface area (Å²) in [4.78, 5) is 6.20. The fourth-order valence-corrected chi connectivity index (χ4v) is 3.71. The lowest BCUT2D eigenvalue weighted by Crippen LogP contribution is -2.39. The van der Waals surface area contributed by atoms with E-state index in [1.54, 1.807) is 12.3 Å². The lowest BCUT2D eigenvalue weighted by molar-refractivity contribution is 0.370. The summed E-state index contributed by atoms with van der Waals surface area (Å²) in [7, 11) is 0.185. The van der Waals surface area contributed by atoms with Crippen LogP contribution in [0.3, 0.4) is 0 Å². The maximum Gasteiger partial charge on any atom is 0.244 e. The molecule has 20 heavy (non-hydrogen) atoms. The van der Waals surface area contributed by atoms with Gasteiger partial charge in [0, 0.05) is 29.8 Å². The standard InChI is InChI=1S/C12H21BrN4O2S/c1-5-14-12-11(6-10(13)7-15-12)20(18,19)16-9(2)8-17(3)4/h6-7,9,16H,5,8H2,1-4H3,(H,14,15). The molecule has 0 aliphatic rings. The number of hydrogen-bond donors (Lipinski definition) is 2. The molecule has 1 aromatic rings. The number of pyridine rings is 1. The summed E-state index contributed by atoms with van der Waals surface area (Å²) >= 11 is 3.26. The van der Waals surface area contributed by atoms with Crippen LogP contribution in [0, 0.1) is 0 Å². The number of rotatable bonds is 7. The third-order valence-electron chi connectivity index (χ3n) is 2.45. The van der Waals surface area contributed by atoms with Gasteiger partial charge in [-0.05, 0) is 49.9 Å². The topological polar surface area (TPSA) is 74.3 Å². The molecule has 0 saturated heterocycles. The minimum atomic E-state index is -3.61. The number of likely N-dealkylation sites (N-methyl/N-ethyl adjacent to an activating group) is 1. The molecule has 6 nitrogen and oxygen atoms in total. The SMILES string of the molecule is CCNc1ncc(Br)cc1S(=O)(=O)NC(C)CN(C)C. The number of hydrogen-bond acceptors (Lipinski definition) is 5. The Morgan fingerprint density at radius 2 is 2.10 bits per heavy atom. The Hall–Kier alpha value is -0.700. The van der Waals surface area contributed by atoms with E-state index in [-0.39, 0.29) is 10.9 Å². The first kappa shape index (κ1) is 17.4. The fraction of sp³-hybridized carbons (Fsp3) is 0.583. The van der Waals surface area contributed by atoms with E-state index in [2.05, 4.69) is 31.0 Å². The number of nitrogens with zero attached hydrogens (tertiary/aromatic N) is 2. The Labute approximate surface area is 129 Å². The summed E-state index contributed by atoms with van der Waals surface area (Å²) in [5, 5.41) is 2.96. The first-order valence-electron chi connectivity index (χ1n) is 6.32. The molecule has 0 spiro atoms. The van der Waals surface area contributed by atoms with Crippen molar-refractivity contribution < 1.29 is 8.42 Å². The number of sulfonamides is 1. The van der Waals surface area contributed by atoms with Crippen LogP contribution in [-0.2, 0) is 10.0 Å². The van der Waals surface area contributed by atoms with Crippen LogP contribution in [-0.4, -0.2) is 51.5 Å². The van der Waals surface area contributed by atoms with Crippen molar-refractivity contribution in [3.8, 4) is 0 Å². The molecule has 8 heteroatoms. The molecular weight excluding hydrogens is 344 g/mol. The molecule has 0 saturated carbocycles. The average molecular weight is 365 g/mol. The van der Waals surface area contributed by atoms with Crippen LogP contribution < -0.4 is 10.0 Å². The maximum atomic E-state index is 12.4. The van der Waals surface area contributed by atoms with E-state index in [4.69, 9.17) is 0 Å². The van der Waals surface area contributed by atoms with Crippen molar-refractivity contribution in [3.63, 3.8) is 0 Å². The third kappa shape index (κ3) is 5.01. The van der Waals surface area contributed by atoms with E-state index in [1.165, 1.54) is 0 Å². The van der Waals surface area contributed by atoms with Gasteiger partial charge in [0.15, 0.2) is 0 Å². The van der Waals surface area contributed by atoms with Gasteiger partial charge in [0.05, 0.1) is 0 Å². The normalized spacial score (nSPS) is 13.5. The van der Waals surface area contributed by atoms with Gasteiger partial charge in [-0.2, -0.15) is 0 Å². The van der Waals surface area contributed by atoms with Crippen molar-refractivity contribution in [1.29, 1.82) is 0 Å². The summed E-state index contributed by atoms with van der Waals surface area (Å²) in [6.07, 6.45) is 1.57. The van der Waals surface area contributed by atoms with Crippen molar-refractivity contribution in [2.75, 3.05) is 32.5 Å².